The lowest BCUT2D eigenvalue weighted by molar-refractivity contribution is -0.687. The molecule has 1 aliphatic carbocycles. The van der Waals surface area contributed by atoms with E-state index >= 15 is 4.39 Å². The smallest absolute Gasteiger partial charge is 0.343 e. The van der Waals surface area contributed by atoms with Gasteiger partial charge in [-0.3, -0.25) is 4.79 Å². The van der Waals surface area contributed by atoms with Crippen LogP contribution in [0.3, 0.4) is 0 Å². The van der Waals surface area contributed by atoms with Crippen molar-refractivity contribution in [1.82, 2.24) is 4.57 Å². The molecule has 1 saturated carbocycles. The van der Waals surface area contributed by atoms with E-state index in [0.717, 1.165) is 19.4 Å². The number of halogens is 1. The highest BCUT2D eigenvalue weighted by atomic mass is 19.1. The Morgan fingerprint density at radius 1 is 1.31 bits per heavy atom. The molecule has 4 rings (SSSR count). The van der Waals surface area contributed by atoms with E-state index in [1.54, 1.807) is 0 Å². The van der Waals surface area contributed by atoms with Gasteiger partial charge in [-0.1, -0.05) is 0 Å². The highest BCUT2D eigenvalue weighted by Gasteiger charge is 2.33. The normalized spacial score (nSPS) is 17.8. The van der Waals surface area contributed by atoms with Crippen LogP contribution in [0.15, 0.2) is 17.1 Å². The number of hydrogen-bond donors (Lipinski definition) is 1. The zero-order chi connectivity index (χ0) is 25.1. The lowest BCUT2D eigenvalue weighted by atomic mass is 10.0. The maximum absolute atomic E-state index is 15.5. The molecule has 0 radical (unpaired) electrons. The summed E-state index contributed by atoms with van der Waals surface area (Å²) in [5, 5.41) is 2.32. The first kappa shape index (κ1) is 24.6. The van der Waals surface area contributed by atoms with Crippen LogP contribution in [-0.4, -0.2) is 49.9 Å². The number of quaternary nitrogens is 1. The third-order valence-electron chi connectivity index (χ3n) is 6.62. The number of rotatable bonds is 8. The average Bonchev–Trinajstić information content (AvgIpc) is 3.68. The van der Waals surface area contributed by atoms with Gasteiger partial charge in [0.2, 0.25) is 5.43 Å². The monoisotopic (exact) mass is 480 g/mol. The maximum atomic E-state index is 15.5. The fourth-order valence-electron chi connectivity index (χ4n) is 4.74. The summed E-state index contributed by atoms with van der Waals surface area (Å²) in [6.45, 7) is 4.26. The largest absolute Gasteiger partial charge is 0.492 e. The van der Waals surface area contributed by atoms with Gasteiger partial charge < -0.3 is 24.3 Å². The van der Waals surface area contributed by atoms with Crippen molar-refractivity contribution in [2.24, 2.45) is 5.92 Å². The van der Waals surface area contributed by atoms with E-state index in [4.69, 9.17) is 22.3 Å². The molecule has 184 valence electrons. The number of hydrogen-bond acceptors (Lipinski definition) is 5. The first-order valence-corrected chi connectivity index (χ1v) is 12.0. The number of nitrogens with two attached hydrogens (primary N) is 1. The summed E-state index contributed by atoms with van der Waals surface area (Å²) in [6, 6.07) is 1.63. The van der Waals surface area contributed by atoms with Gasteiger partial charge >= 0.3 is 5.97 Å². The van der Waals surface area contributed by atoms with Crippen LogP contribution in [-0.2, 0) is 4.74 Å². The lowest BCUT2D eigenvalue weighted by Gasteiger charge is -2.33. The number of anilines is 1. The van der Waals surface area contributed by atoms with E-state index < -0.39 is 17.2 Å². The average molecular weight is 481 g/mol. The summed E-state index contributed by atoms with van der Waals surface area (Å²) in [5.74, 6) is 3.86. The second-order valence-corrected chi connectivity index (χ2v) is 9.38. The zero-order valence-electron chi connectivity index (χ0n) is 20.2. The van der Waals surface area contributed by atoms with E-state index in [0.29, 0.717) is 48.9 Å². The van der Waals surface area contributed by atoms with Crippen molar-refractivity contribution in [2.75, 3.05) is 38.3 Å². The minimum atomic E-state index is -0.769. The van der Waals surface area contributed by atoms with Crippen molar-refractivity contribution in [3.8, 4) is 30.4 Å². The Labute approximate surface area is 204 Å². The Bertz CT molecular complexity index is 1250. The summed E-state index contributed by atoms with van der Waals surface area (Å²) in [7, 11) is 1.48. The number of benzene rings is 1. The third-order valence-corrected chi connectivity index (χ3v) is 6.62. The predicted octanol–water partition coefficient (Wildman–Crippen LogP) is 2.08. The van der Waals surface area contributed by atoms with Gasteiger partial charge in [0.25, 0.3) is 0 Å². The van der Waals surface area contributed by atoms with E-state index in [2.05, 4.69) is 24.1 Å². The topological polar surface area (TPSA) is 77.4 Å². The molecule has 0 bridgehead atoms. The van der Waals surface area contributed by atoms with Crippen LogP contribution in [0.4, 0.5) is 10.1 Å². The Morgan fingerprint density at radius 3 is 2.63 bits per heavy atom. The molecule has 1 saturated heterocycles. The maximum Gasteiger partial charge on any atom is 0.343 e. The van der Waals surface area contributed by atoms with Gasteiger partial charge in [-0.15, -0.1) is 24.7 Å². The first-order chi connectivity index (χ1) is 16.9. The quantitative estimate of drug-likeness (QED) is 0.463. The molecule has 1 unspecified atom stereocenters. The van der Waals surface area contributed by atoms with Crippen LogP contribution >= 0.6 is 0 Å². The molecule has 7 nitrogen and oxygen atoms in total. The highest BCUT2D eigenvalue weighted by molar-refractivity contribution is 5.97. The number of methoxy groups -OCH3 is 1. The van der Waals surface area contributed by atoms with Crippen LogP contribution in [0.1, 0.15) is 49.0 Å². The van der Waals surface area contributed by atoms with Gasteiger partial charge in [0, 0.05) is 31.0 Å². The number of ether oxygens (including phenoxy) is 2. The molecule has 2 fully saturated rings. The van der Waals surface area contributed by atoms with Crippen molar-refractivity contribution in [3.05, 3.63) is 33.9 Å². The van der Waals surface area contributed by atoms with Gasteiger partial charge in [-0.2, -0.15) is 0 Å². The van der Waals surface area contributed by atoms with Crippen molar-refractivity contribution in [2.45, 2.75) is 44.7 Å². The molecule has 2 aliphatic rings. The Hall–Kier alpha value is -3.49. The highest BCUT2D eigenvalue weighted by Crippen LogP contribution is 2.43. The molecule has 2 N–H and O–H groups in total. The molecular formula is C27H31FN3O4+. The molecule has 0 amide bonds. The second kappa shape index (κ2) is 10.4. The minimum Gasteiger partial charge on any atom is -0.492 e. The van der Waals surface area contributed by atoms with Gasteiger partial charge in [0.15, 0.2) is 11.6 Å². The summed E-state index contributed by atoms with van der Waals surface area (Å²) in [5.41, 5.74) is 0.139. The molecule has 1 atom stereocenters. The first-order valence-electron chi connectivity index (χ1n) is 12.0. The number of terminal acetylenes is 2. The van der Waals surface area contributed by atoms with E-state index in [9.17, 15) is 9.59 Å². The van der Waals surface area contributed by atoms with Crippen LogP contribution in [0.25, 0.3) is 10.9 Å². The molecule has 1 aromatic heterocycles. The number of fused-ring (bicyclic) bond motifs is 1. The Morgan fingerprint density at radius 2 is 2.03 bits per heavy atom. The third kappa shape index (κ3) is 4.99. The molecule has 0 spiro atoms. The van der Waals surface area contributed by atoms with E-state index in [1.165, 1.54) is 19.4 Å². The molecule has 1 aromatic carbocycles. The number of aromatic nitrogens is 1. The molecule has 35 heavy (non-hydrogen) atoms. The van der Waals surface area contributed by atoms with Gasteiger partial charge in [0.05, 0.1) is 44.3 Å². The summed E-state index contributed by atoms with van der Waals surface area (Å²) < 4.78 is 28.5. The van der Waals surface area contributed by atoms with Crippen molar-refractivity contribution < 1.29 is 24.0 Å². The van der Waals surface area contributed by atoms with Crippen molar-refractivity contribution >= 4 is 22.6 Å². The van der Waals surface area contributed by atoms with Crippen molar-refractivity contribution in [1.29, 1.82) is 0 Å². The van der Waals surface area contributed by atoms with Crippen molar-refractivity contribution in [3.63, 3.8) is 0 Å². The number of nitrogens with zero attached hydrogens (tertiary/aromatic N) is 2. The van der Waals surface area contributed by atoms with Gasteiger partial charge in [0.1, 0.15) is 17.3 Å². The minimum absolute atomic E-state index is 0.00885. The van der Waals surface area contributed by atoms with E-state index in [-0.39, 0.29) is 29.5 Å². The number of carbonyl (C=O) groups excluding carboxylic acids is 1. The molecule has 1 aliphatic heterocycles. The molecule has 2 aromatic rings. The number of carbonyl (C=O) groups is 1. The predicted molar refractivity (Wildman–Crippen MR) is 132 cm³/mol. The summed E-state index contributed by atoms with van der Waals surface area (Å²) >= 11 is 0. The van der Waals surface area contributed by atoms with Crippen LogP contribution in [0.2, 0.25) is 0 Å². The van der Waals surface area contributed by atoms with Crippen LogP contribution in [0.5, 0.6) is 5.75 Å². The number of piperazine rings is 1. The van der Waals surface area contributed by atoms with Crippen LogP contribution in [0, 0.1) is 36.4 Å². The van der Waals surface area contributed by atoms with Gasteiger partial charge in [-0.25, -0.2) is 9.18 Å². The number of pyridine rings is 1. The summed E-state index contributed by atoms with van der Waals surface area (Å²) in [4.78, 5) is 28.3. The lowest BCUT2D eigenvalue weighted by Crippen LogP contribution is -2.94. The second-order valence-electron chi connectivity index (χ2n) is 9.38. The zero-order valence-corrected chi connectivity index (χ0v) is 20.2. The van der Waals surface area contributed by atoms with Crippen LogP contribution < -0.4 is 20.4 Å². The Kier molecular flexibility index (Phi) is 7.33. The number of esters is 1. The SMILES string of the molecule is C#CCC(CC#C)COC(=O)c1cn(C2CC2)c2c(OC)c(N3CC[NH2+]C(C)C3)c(F)cc2c1=O. The summed E-state index contributed by atoms with van der Waals surface area (Å²) in [6.07, 6.45) is 14.8. The van der Waals surface area contributed by atoms with E-state index in [1.807, 2.05) is 9.47 Å². The fourth-order valence-corrected chi connectivity index (χ4v) is 4.74. The Balaban J connectivity index is 1.79. The molecule has 8 heteroatoms. The molecular weight excluding hydrogens is 449 g/mol. The standard InChI is InChI=1S/C27H30FN3O4/c1-5-7-18(8-6-2)16-35-27(33)21-15-31(19-9-10-19)23-20(25(21)32)13-22(28)24(26(23)34-4)30-12-11-29-17(3)14-30/h1-2,13,15,17-19,29H,7-12,14,16H2,3-4H3/p+1. The molecule has 2 heterocycles. The fraction of sp³-hybridized carbons (Fsp3) is 0.481. The van der Waals surface area contributed by atoms with Gasteiger partial charge in [-0.05, 0) is 25.8 Å².